The summed E-state index contributed by atoms with van der Waals surface area (Å²) in [5, 5.41) is 0. The zero-order valence-electron chi connectivity index (χ0n) is 5.29. The lowest BCUT2D eigenvalue weighted by Gasteiger charge is -2.27. The third-order valence-electron chi connectivity index (χ3n) is 1.66. The first-order chi connectivity index (χ1) is 4.38. The highest BCUT2D eigenvalue weighted by molar-refractivity contribution is 5.41. The Labute approximate surface area is 54.3 Å². The van der Waals surface area contributed by atoms with Crippen LogP contribution in [-0.2, 0) is 0 Å². The fourth-order valence-electron chi connectivity index (χ4n) is 1.12. The Hall–Kier alpha value is -0.980. The molecule has 0 spiro atoms. The topological polar surface area (TPSA) is 9.23 Å². The van der Waals surface area contributed by atoms with Crippen molar-refractivity contribution in [3.8, 4) is 5.75 Å². The van der Waals surface area contributed by atoms with Crippen LogP contribution in [0.1, 0.15) is 18.6 Å². The molecule has 2 rings (SSSR count). The first kappa shape index (κ1) is 4.86. The van der Waals surface area contributed by atoms with Crippen molar-refractivity contribution in [2.75, 3.05) is 0 Å². The fourth-order valence-corrected chi connectivity index (χ4v) is 1.12. The minimum absolute atomic E-state index is 0.321. The number of para-hydroxylation sites is 1. The highest BCUT2D eigenvalue weighted by Crippen LogP contribution is 2.37. The predicted molar refractivity (Wildman–Crippen MR) is 35.5 cm³/mol. The van der Waals surface area contributed by atoms with Gasteiger partial charge in [0, 0.05) is 5.56 Å². The molecule has 0 N–H and O–H groups in total. The Morgan fingerprint density at radius 1 is 1.33 bits per heavy atom. The normalized spacial score (nSPS) is 21.7. The van der Waals surface area contributed by atoms with E-state index in [0.29, 0.717) is 6.10 Å². The number of hydrogen-bond donors (Lipinski definition) is 0. The van der Waals surface area contributed by atoms with E-state index in [0.717, 1.165) is 5.75 Å². The zero-order chi connectivity index (χ0) is 6.27. The molecule has 0 aromatic heterocycles. The molecule has 1 aromatic carbocycles. The maximum atomic E-state index is 5.28. The Kier molecular flexibility index (Phi) is 0.810. The Balaban J connectivity index is 2.51. The molecule has 1 aliphatic rings. The Morgan fingerprint density at radius 2 is 2.11 bits per heavy atom. The molecule has 1 nitrogen and oxygen atoms in total. The second-order valence-electron chi connectivity index (χ2n) is 2.30. The van der Waals surface area contributed by atoms with Crippen LogP contribution in [0.2, 0.25) is 0 Å². The van der Waals surface area contributed by atoms with Crippen LogP contribution in [0.5, 0.6) is 5.75 Å². The smallest absolute Gasteiger partial charge is 0.127 e. The van der Waals surface area contributed by atoms with Crippen molar-refractivity contribution in [2.24, 2.45) is 0 Å². The molecule has 0 saturated heterocycles. The molecule has 0 radical (unpaired) electrons. The Morgan fingerprint density at radius 3 is 2.67 bits per heavy atom. The van der Waals surface area contributed by atoms with Crippen molar-refractivity contribution in [1.82, 2.24) is 0 Å². The standard InChI is InChI=1S/C8H8O/c1-6-7-4-2-3-5-8(7)9-6/h2-6H,1H3. The number of fused-ring (bicyclic) bond motifs is 1. The van der Waals surface area contributed by atoms with Crippen molar-refractivity contribution in [3.63, 3.8) is 0 Å². The maximum Gasteiger partial charge on any atom is 0.127 e. The van der Waals surface area contributed by atoms with Gasteiger partial charge in [0.05, 0.1) is 0 Å². The van der Waals surface area contributed by atoms with Gasteiger partial charge in [-0.1, -0.05) is 18.2 Å². The molecule has 1 unspecified atom stereocenters. The first-order valence-electron chi connectivity index (χ1n) is 3.13. The summed E-state index contributed by atoms with van der Waals surface area (Å²) < 4.78 is 5.28. The lowest BCUT2D eigenvalue weighted by Crippen LogP contribution is -2.14. The van der Waals surface area contributed by atoms with E-state index < -0.39 is 0 Å². The summed E-state index contributed by atoms with van der Waals surface area (Å²) in [6.45, 7) is 2.06. The number of hydrogen-bond acceptors (Lipinski definition) is 1. The molecule has 1 heterocycles. The summed E-state index contributed by atoms with van der Waals surface area (Å²) in [6.07, 6.45) is 0.321. The molecule has 0 amide bonds. The molecule has 9 heavy (non-hydrogen) atoms. The highest BCUT2D eigenvalue weighted by Gasteiger charge is 2.21. The predicted octanol–water partition coefficient (Wildman–Crippen LogP) is 2.14. The third kappa shape index (κ3) is 0.545. The van der Waals surface area contributed by atoms with Crippen LogP contribution in [0.4, 0.5) is 0 Å². The maximum absolute atomic E-state index is 5.28. The van der Waals surface area contributed by atoms with Crippen LogP contribution in [-0.4, -0.2) is 0 Å². The van der Waals surface area contributed by atoms with Crippen LogP contribution in [0, 0.1) is 0 Å². The summed E-state index contributed by atoms with van der Waals surface area (Å²) in [6, 6.07) is 8.13. The van der Waals surface area contributed by atoms with E-state index in [2.05, 4.69) is 13.0 Å². The van der Waals surface area contributed by atoms with Crippen molar-refractivity contribution in [2.45, 2.75) is 13.0 Å². The molecule has 0 fully saturated rings. The van der Waals surface area contributed by atoms with Gasteiger partial charge < -0.3 is 4.74 Å². The highest BCUT2D eigenvalue weighted by atomic mass is 16.5. The van der Waals surface area contributed by atoms with Gasteiger partial charge in [0.25, 0.3) is 0 Å². The number of rotatable bonds is 0. The van der Waals surface area contributed by atoms with Crippen molar-refractivity contribution >= 4 is 0 Å². The van der Waals surface area contributed by atoms with E-state index in [1.165, 1.54) is 5.56 Å². The summed E-state index contributed by atoms with van der Waals surface area (Å²) >= 11 is 0. The summed E-state index contributed by atoms with van der Waals surface area (Å²) in [7, 11) is 0. The van der Waals surface area contributed by atoms with Crippen molar-refractivity contribution in [3.05, 3.63) is 29.8 Å². The fraction of sp³-hybridized carbons (Fsp3) is 0.250. The van der Waals surface area contributed by atoms with Gasteiger partial charge in [0.2, 0.25) is 0 Å². The second kappa shape index (κ2) is 1.50. The van der Waals surface area contributed by atoms with E-state index in [-0.39, 0.29) is 0 Å². The average Bonchev–Trinajstić information content (AvgIpc) is 1.86. The second-order valence-corrected chi connectivity index (χ2v) is 2.30. The molecule has 0 aliphatic carbocycles. The first-order valence-corrected chi connectivity index (χ1v) is 3.13. The van der Waals surface area contributed by atoms with Gasteiger partial charge in [-0.15, -0.1) is 0 Å². The van der Waals surface area contributed by atoms with Gasteiger partial charge in [-0.3, -0.25) is 0 Å². The van der Waals surface area contributed by atoms with Crippen LogP contribution < -0.4 is 4.74 Å². The van der Waals surface area contributed by atoms with E-state index in [1.807, 2.05) is 18.2 Å². The van der Waals surface area contributed by atoms with E-state index in [9.17, 15) is 0 Å². The van der Waals surface area contributed by atoms with Gasteiger partial charge in [-0.05, 0) is 13.0 Å². The average molecular weight is 120 g/mol. The van der Waals surface area contributed by atoms with E-state index in [1.54, 1.807) is 0 Å². The molecule has 1 atom stereocenters. The molecule has 1 aliphatic heterocycles. The summed E-state index contributed by atoms with van der Waals surface area (Å²) in [5.41, 5.74) is 1.33. The molecular weight excluding hydrogens is 112 g/mol. The molecule has 46 valence electrons. The van der Waals surface area contributed by atoms with Crippen LogP contribution in [0.15, 0.2) is 24.3 Å². The molecule has 0 bridgehead atoms. The number of benzene rings is 1. The van der Waals surface area contributed by atoms with Crippen molar-refractivity contribution in [1.29, 1.82) is 0 Å². The van der Waals surface area contributed by atoms with Crippen molar-refractivity contribution < 1.29 is 4.74 Å². The molecule has 0 saturated carbocycles. The third-order valence-corrected chi connectivity index (χ3v) is 1.66. The van der Waals surface area contributed by atoms with Gasteiger partial charge in [-0.2, -0.15) is 0 Å². The van der Waals surface area contributed by atoms with Crippen LogP contribution in [0.25, 0.3) is 0 Å². The van der Waals surface area contributed by atoms with Gasteiger partial charge in [0.1, 0.15) is 11.9 Å². The lowest BCUT2D eigenvalue weighted by molar-refractivity contribution is 0.166. The molecular formula is C8H8O. The number of ether oxygens (including phenoxy) is 1. The quantitative estimate of drug-likeness (QED) is 0.509. The van der Waals surface area contributed by atoms with Crippen LogP contribution in [0.3, 0.4) is 0 Å². The SMILES string of the molecule is CC1Oc2ccccc21. The van der Waals surface area contributed by atoms with Crippen LogP contribution >= 0.6 is 0 Å². The summed E-state index contributed by atoms with van der Waals surface area (Å²) in [5.74, 6) is 1.05. The minimum atomic E-state index is 0.321. The van der Waals surface area contributed by atoms with E-state index in [4.69, 9.17) is 4.74 Å². The summed E-state index contributed by atoms with van der Waals surface area (Å²) in [4.78, 5) is 0. The lowest BCUT2D eigenvalue weighted by atomic mass is 10.1. The minimum Gasteiger partial charge on any atom is -0.485 e. The largest absolute Gasteiger partial charge is 0.485 e. The zero-order valence-corrected chi connectivity index (χ0v) is 5.29. The molecule has 1 heteroatoms. The monoisotopic (exact) mass is 120 g/mol. The van der Waals surface area contributed by atoms with Gasteiger partial charge in [0.15, 0.2) is 0 Å². The van der Waals surface area contributed by atoms with Gasteiger partial charge in [-0.25, -0.2) is 0 Å². The van der Waals surface area contributed by atoms with Gasteiger partial charge >= 0.3 is 0 Å². The van der Waals surface area contributed by atoms with E-state index >= 15 is 0 Å². The Bertz CT molecular complexity index is 230. The molecule has 1 aromatic rings.